The highest BCUT2D eigenvalue weighted by Gasteiger charge is 2.29. The van der Waals surface area contributed by atoms with E-state index in [1.165, 1.54) is 15.3 Å². The molecule has 3 rings (SSSR count). The molecule has 4 heteroatoms. The number of rotatable bonds is 3. The average Bonchev–Trinajstić information content (AvgIpc) is 2.85. The van der Waals surface area contributed by atoms with E-state index in [2.05, 4.69) is 65.4 Å². The number of aryl methyl sites for hydroxylation is 1. The van der Waals surface area contributed by atoms with Gasteiger partial charge in [-0.1, -0.05) is 28.9 Å². The van der Waals surface area contributed by atoms with Crippen molar-refractivity contribution in [3.8, 4) is 5.75 Å². The summed E-state index contributed by atoms with van der Waals surface area (Å²) in [6.07, 6.45) is 1.14. The zero-order valence-electron chi connectivity index (χ0n) is 11.7. The zero-order chi connectivity index (χ0) is 14.1. The van der Waals surface area contributed by atoms with E-state index in [1.807, 2.05) is 11.3 Å². The van der Waals surface area contributed by atoms with Gasteiger partial charge in [0.05, 0.1) is 0 Å². The fourth-order valence-corrected chi connectivity index (χ4v) is 3.94. The van der Waals surface area contributed by atoms with E-state index >= 15 is 0 Å². The van der Waals surface area contributed by atoms with E-state index in [0.717, 1.165) is 23.2 Å². The first-order valence-electron chi connectivity index (χ1n) is 6.93. The number of halogens is 1. The minimum absolute atomic E-state index is 0.152. The second-order valence-electron chi connectivity index (χ2n) is 5.08. The molecule has 0 amide bonds. The highest BCUT2D eigenvalue weighted by molar-refractivity contribution is 9.10. The Balaban J connectivity index is 1.94. The number of ether oxygens (including phenoxy) is 1. The largest absolute Gasteiger partial charge is 0.484 e. The Morgan fingerprint density at radius 1 is 1.35 bits per heavy atom. The van der Waals surface area contributed by atoms with Gasteiger partial charge in [-0.05, 0) is 37.7 Å². The first kappa shape index (κ1) is 14.1. The molecule has 1 aliphatic rings. The summed E-state index contributed by atoms with van der Waals surface area (Å²) in [5.41, 5.74) is 1.26. The van der Waals surface area contributed by atoms with Gasteiger partial charge >= 0.3 is 0 Å². The van der Waals surface area contributed by atoms with E-state index in [0.29, 0.717) is 6.04 Å². The van der Waals surface area contributed by atoms with Crippen LogP contribution in [0, 0.1) is 6.92 Å². The molecule has 2 aromatic rings. The summed E-state index contributed by atoms with van der Waals surface area (Å²) in [7, 11) is 0. The van der Waals surface area contributed by atoms with Crippen molar-refractivity contribution in [3.05, 3.63) is 50.1 Å². The Kier molecular flexibility index (Phi) is 4.15. The Morgan fingerprint density at radius 3 is 2.90 bits per heavy atom. The molecule has 1 aromatic heterocycles. The summed E-state index contributed by atoms with van der Waals surface area (Å²) in [6, 6.07) is 11.0. The van der Waals surface area contributed by atoms with Gasteiger partial charge in [-0.15, -0.1) is 11.3 Å². The molecule has 1 aliphatic heterocycles. The molecular weight excluding hydrogens is 334 g/mol. The number of nitrogens with one attached hydrogen (secondary N) is 1. The summed E-state index contributed by atoms with van der Waals surface area (Å²) in [4.78, 5) is 2.65. The second-order valence-corrected chi connectivity index (χ2v) is 7.32. The molecule has 0 fully saturated rings. The van der Waals surface area contributed by atoms with Crippen molar-refractivity contribution in [2.45, 2.75) is 32.4 Å². The normalized spacial score (nSPS) is 21.4. The number of thiophene rings is 1. The van der Waals surface area contributed by atoms with Crippen molar-refractivity contribution < 1.29 is 4.74 Å². The third-order valence-electron chi connectivity index (χ3n) is 3.60. The maximum Gasteiger partial charge on any atom is 0.135 e. The zero-order valence-corrected chi connectivity index (χ0v) is 14.1. The van der Waals surface area contributed by atoms with Crippen LogP contribution in [0.2, 0.25) is 0 Å². The molecule has 0 saturated carbocycles. The van der Waals surface area contributed by atoms with Crippen LogP contribution < -0.4 is 10.1 Å². The molecule has 0 bridgehead atoms. The van der Waals surface area contributed by atoms with Gasteiger partial charge in [-0.2, -0.15) is 0 Å². The lowest BCUT2D eigenvalue weighted by molar-refractivity contribution is 0.155. The van der Waals surface area contributed by atoms with E-state index < -0.39 is 0 Å². The molecule has 0 aliphatic carbocycles. The van der Waals surface area contributed by atoms with Crippen molar-refractivity contribution >= 4 is 27.3 Å². The van der Waals surface area contributed by atoms with Crippen LogP contribution in [-0.2, 0) is 0 Å². The molecule has 2 nitrogen and oxygen atoms in total. The fraction of sp³-hybridized carbons (Fsp3) is 0.375. The number of fused-ring (bicyclic) bond motifs is 1. The summed E-state index contributed by atoms with van der Waals surface area (Å²) in [5.74, 6) is 0.993. The Bertz CT molecular complexity index is 610. The molecule has 0 radical (unpaired) electrons. The maximum atomic E-state index is 6.23. The van der Waals surface area contributed by atoms with Gasteiger partial charge in [0.1, 0.15) is 11.9 Å². The van der Waals surface area contributed by atoms with Crippen LogP contribution in [0.3, 0.4) is 0 Å². The van der Waals surface area contributed by atoms with Crippen LogP contribution in [0.4, 0.5) is 0 Å². The van der Waals surface area contributed by atoms with Crippen LogP contribution in [0.25, 0.3) is 0 Å². The average molecular weight is 352 g/mol. The van der Waals surface area contributed by atoms with Gasteiger partial charge in [0, 0.05) is 32.3 Å². The smallest absolute Gasteiger partial charge is 0.135 e. The van der Waals surface area contributed by atoms with Gasteiger partial charge in [-0.25, -0.2) is 0 Å². The van der Waals surface area contributed by atoms with Gasteiger partial charge in [-0.3, -0.25) is 0 Å². The topological polar surface area (TPSA) is 21.3 Å². The van der Waals surface area contributed by atoms with Gasteiger partial charge in [0.15, 0.2) is 0 Å². The predicted molar refractivity (Wildman–Crippen MR) is 87.6 cm³/mol. The standard InChI is InChI=1S/C16H18BrNOS/c1-3-18-13-9-15(16-7-4-10(2)20-16)19-14-8-11(17)5-6-12(13)14/h4-8,13,15,18H,3,9H2,1-2H3. The molecule has 1 N–H and O–H groups in total. The molecule has 1 aromatic carbocycles. The molecule has 2 heterocycles. The van der Waals surface area contributed by atoms with Crippen LogP contribution in [0.15, 0.2) is 34.8 Å². The summed E-state index contributed by atoms with van der Waals surface area (Å²) in [5, 5.41) is 3.58. The molecular formula is C16H18BrNOS. The third kappa shape index (κ3) is 2.78. The Labute approximate surface area is 132 Å². The molecule has 20 heavy (non-hydrogen) atoms. The van der Waals surface area contributed by atoms with E-state index in [-0.39, 0.29) is 6.10 Å². The molecule has 0 spiro atoms. The van der Waals surface area contributed by atoms with E-state index in [1.54, 1.807) is 0 Å². The molecule has 106 valence electrons. The third-order valence-corrected chi connectivity index (χ3v) is 5.19. The van der Waals surface area contributed by atoms with Crippen molar-refractivity contribution in [2.24, 2.45) is 0 Å². The number of benzene rings is 1. The van der Waals surface area contributed by atoms with Crippen LogP contribution in [0.5, 0.6) is 5.75 Å². The number of hydrogen-bond acceptors (Lipinski definition) is 3. The van der Waals surface area contributed by atoms with Gasteiger partial charge in [0.25, 0.3) is 0 Å². The summed E-state index contributed by atoms with van der Waals surface area (Å²) < 4.78 is 7.29. The van der Waals surface area contributed by atoms with E-state index in [4.69, 9.17) is 4.74 Å². The quantitative estimate of drug-likeness (QED) is 0.840. The molecule has 2 unspecified atom stereocenters. The minimum atomic E-state index is 0.152. The van der Waals surface area contributed by atoms with Crippen molar-refractivity contribution in [3.63, 3.8) is 0 Å². The van der Waals surface area contributed by atoms with Crippen LogP contribution in [-0.4, -0.2) is 6.54 Å². The predicted octanol–water partition coefficient (Wildman–Crippen LogP) is 4.99. The van der Waals surface area contributed by atoms with Gasteiger partial charge < -0.3 is 10.1 Å². The summed E-state index contributed by atoms with van der Waals surface area (Å²) >= 11 is 5.36. The van der Waals surface area contributed by atoms with E-state index in [9.17, 15) is 0 Å². The lowest BCUT2D eigenvalue weighted by Gasteiger charge is -2.32. The highest BCUT2D eigenvalue weighted by Crippen LogP contribution is 2.43. The monoisotopic (exact) mass is 351 g/mol. The van der Waals surface area contributed by atoms with Crippen LogP contribution >= 0.6 is 27.3 Å². The fourth-order valence-electron chi connectivity index (χ4n) is 2.68. The Morgan fingerprint density at radius 2 is 2.20 bits per heavy atom. The highest BCUT2D eigenvalue weighted by atomic mass is 79.9. The molecule has 2 atom stereocenters. The first-order valence-corrected chi connectivity index (χ1v) is 8.54. The lowest BCUT2D eigenvalue weighted by atomic mass is 9.96. The maximum absolute atomic E-state index is 6.23. The number of hydrogen-bond donors (Lipinski definition) is 1. The van der Waals surface area contributed by atoms with Crippen molar-refractivity contribution in [1.29, 1.82) is 0 Å². The lowest BCUT2D eigenvalue weighted by Crippen LogP contribution is -2.28. The SMILES string of the molecule is CCNC1CC(c2ccc(C)s2)Oc2cc(Br)ccc21. The first-order chi connectivity index (χ1) is 9.67. The second kappa shape index (κ2) is 5.88. The van der Waals surface area contributed by atoms with Crippen LogP contribution in [0.1, 0.15) is 40.8 Å². The van der Waals surface area contributed by atoms with Crippen molar-refractivity contribution in [2.75, 3.05) is 6.54 Å². The van der Waals surface area contributed by atoms with Crippen molar-refractivity contribution in [1.82, 2.24) is 5.32 Å². The van der Waals surface area contributed by atoms with Gasteiger partial charge in [0.2, 0.25) is 0 Å². The molecule has 0 saturated heterocycles. The summed E-state index contributed by atoms with van der Waals surface area (Å²) in [6.45, 7) is 5.26. The Hall–Kier alpha value is -0.840. The minimum Gasteiger partial charge on any atom is -0.484 e.